The lowest BCUT2D eigenvalue weighted by Gasteiger charge is -2.24. The van der Waals surface area contributed by atoms with Crippen LogP contribution in [0.3, 0.4) is 0 Å². The Morgan fingerprint density at radius 1 is 1.04 bits per heavy atom. The summed E-state index contributed by atoms with van der Waals surface area (Å²) < 4.78 is 0. The van der Waals surface area contributed by atoms with E-state index in [1.807, 2.05) is 18.2 Å². The van der Waals surface area contributed by atoms with Gasteiger partial charge in [-0.2, -0.15) is 0 Å². The van der Waals surface area contributed by atoms with Crippen molar-refractivity contribution in [2.75, 3.05) is 5.32 Å². The second-order valence-electron chi connectivity index (χ2n) is 6.76. The van der Waals surface area contributed by atoms with Crippen molar-refractivity contribution in [1.82, 2.24) is 9.97 Å². The van der Waals surface area contributed by atoms with Crippen LogP contribution in [-0.4, -0.2) is 21.7 Å². The molecular formula is C22H19N3O2. The van der Waals surface area contributed by atoms with Gasteiger partial charge in [0.15, 0.2) is 5.78 Å². The van der Waals surface area contributed by atoms with Crippen molar-refractivity contribution in [3.63, 3.8) is 0 Å². The molecule has 1 aromatic heterocycles. The molecule has 2 aromatic carbocycles. The summed E-state index contributed by atoms with van der Waals surface area (Å²) >= 11 is 0. The van der Waals surface area contributed by atoms with Gasteiger partial charge < -0.3 is 0 Å². The quantitative estimate of drug-likeness (QED) is 0.770. The smallest absolute Gasteiger partial charge is 0.258 e. The van der Waals surface area contributed by atoms with Crippen molar-refractivity contribution in [1.29, 1.82) is 0 Å². The maximum Gasteiger partial charge on any atom is 0.258 e. The summed E-state index contributed by atoms with van der Waals surface area (Å²) in [6, 6.07) is 17.0. The summed E-state index contributed by atoms with van der Waals surface area (Å²) in [6.07, 6.45) is 2.64. The Morgan fingerprint density at radius 2 is 1.78 bits per heavy atom. The van der Waals surface area contributed by atoms with E-state index in [2.05, 4.69) is 34.3 Å². The molecule has 0 aliphatic heterocycles. The number of hydrogen-bond donors (Lipinski definition) is 1. The van der Waals surface area contributed by atoms with Gasteiger partial charge in [0.1, 0.15) is 0 Å². The first-order valence-electron chi connectivity index (χ1n) is 8.93. The molecule has 5 nitrogen and oxygen atoms in total. The molecule has 1 amide bonds. The zero-order valence-electron chi connectivity index (χ0n) is 15.0. The highest BCUT2D eigenvalue weighted by Gasteiger charge is 2.28. The fourth-order valence-corrected chi connectivity index (χ4v) is 3.53. The van der Waals surface area contributed by atoms with Crippen molar-refractivity contribution in [2.45, 2.75) is 25.7 Å². The Morgan fingerprint density at radius 3 is 2.56 bits per heavy atom. The Kier molecular flexibility index (Phi) is 4.50. The number of benzene rings is 2. The highest BCUT2D eigenvalue weighted by Crippen LogP contribution is 2.33. The van der Waals surface area contributed by atoms with E-state index in [1.54, 1.807) is 24.3 Å². The Bertz CT molecular complexity index is 1020. The third kappa shape index (κ3) is 3.49. The van der Waals surface area contributed by atoms with E-state index in [9.17, 15) is 9.59 Å². The standard InChI is InChI=1S/C22H19N3O2/c1-14-7-5-6-10-17(14)16-11-19-18(20(26)12-16)13-23-22(24-19)25-21(27)15-8-3-2-4-9-15/h2-10,13,16H,11-12H2,1H3,(H,23,24,25,27). The lowest BCUT2D eigenvalue weighted by molar-refractivity contribution is 0.0962. The summed E-state index contributed by atoms with van der Waals surface area (Å²) in [6.45, 7) is 2.06. The van der Waals surface area contributed by atoms with Crippen LogP contribution >= 0.6 is 0 Å². The first-order valence-corrected chi connectivity index (χ1v) is 8.93. The van der Waals surface area contributed by atoms with Gasteiger partial charge >= 0.3 is 0 Å². The molecule has 5 heteroatoms. The van der Waals surface area contributed by atoms with Crippen LogP contribution in [0.2, 0.25) is 0 Å². The molecule has 1 aliphatic rings. The van der Waals surface area contributed by atoms with Crippen LogP contribution in [0.1, 0.15) is 49.9 Å². The average molecular weight is 357 g/mol. The fourth-order valence-electron chi connectivity index (χ4n) is 3.53. The van der Waals surface area contributed by atoms with Gasteiger partial charge in [-0.1, -0.05) is 42.5 Å². The normalized spacial score (nSPS) is 15.9. The molecule has 1 N–H and O–H groups in total. The van der Waals surface area contributed by atoms with Gasteiger partial charge in [-0.15, -0.1) is 0 Å². The minimum Gasteiger partial charge on any atom is -0.294 e. The van der Waals surface area contributed by atoms with Crippen LogP contribution in [0, 0.1) is 6.92 Å². The molecule has 134 valence electrons. The van der Waals surface area contributed by atoms with E-state index in [4.69, 9.17) is 0 Å². The number of aromatic nitrogens is 2. The molecule has 0 saturated carbocycles. The first kappa shape index (κ1) is 17.1. The maximum atomic E-state index is 12.6. The molecule has 0 radical (unpaired) electrons. The zero-order chi connectivity index (χ0) is 18.8. The molecule has 0 fully saturated rings. The van der Waals surface area contributed by atoms with E-state index < -0.39 is 0 Å². The number of Topliss-reactive ketones (excluding diaryl/α,β-unsaturated/α-hetero) is 1. The van der Waals surface area contributed by atoms with Crippen LogP contribution < -0.4 is 5.32 Å². The van der Waals surface area contributed by atoms with Gasteiger partial charge in [-0.05, 0) is 42.5 Å². The largest absolute Gasteiger partial charge is 0.294 e. The first-order chi connectivity index (χ1) is 13.1. The number of anilines is 1. The van der Waals surface area contributed by atoms with Gasteiger partial charge in [-0.3, -0.25) is 14.9 Å². The van der Waals surface area contributed by atoms with Crippen molar-refractivity contribution >= 4 is 17.6 Å². The van der Waals surface area contributed by atoms with E-state index in [0.717, 1.165) is 0 Å². The summed E-state index contributed by atoms with van der Waals surface area (Å²) in [7, 11) is 0. The highest BCUT2D eigenvalue weighted by atomic mass is 16.1. The molecule has 4 rings (SSSR count). The van der Waals surface area contributed by atoms with Crippen molar-refractivity contribution in [3.05, 3.63) is 88.7 Å². The second-order valence-corrected chi connectivity index (χ2v) is 6.76. The molecule has 0 bridgehead atoms. The number of rotatable bonds is 3. The summed E-state index contributed by atoms with van der Waals surface area (Å²) in [4.78, 5) is 33.5. The molecule has 1 atom stereocenters. The number of nitrogens with zero attached hydrogens (tertiary/aromatic N) is 2. The van der Waals surface area contributed by atoms with E-state index in [-0.39, 0.29) is 23.6 Å². The Hall–Kier alpha value is -3.34. The number of ketones is 1. The molecule has 0 saturated heterocycles. The van der Waals surface area contributed by atoms with Gasteiger partial charge in [0.2, 0.25) is 5.95 Å². The number of hydrogen-bond acceptors (Lipinski definition) is 4. The van der Waals surface area contributed by atoms with E-state index >= 15 is 0 Å². The monoisotopic (exact) mass is 357 g/mol. The second kappa shape index (κ2) is 7.11. The number of carbonyl (C=O) groups excluding carboxylic acids is 2. The summed E-state index contributed by atoms with van der Waals surface area (Å²) in [5, 5.41) is 2.72. The highest BCUT2D eigenvalue weighted by molar-refractivity contribution is 6.03. The fraction of sp³-hybridized carbons (Fsp3) is 0.182. The average Bonchev–Trinajstić information content (AvgIpc) is 2.68. The van der Waals surface area contributed by atoms with Gasteiger partial charge in [0, 0.05) is 18.2 Å². The van der Waals surface area contributed by atoms with Crippen molar-refractivity contribution in [3.8, 4) is 0 Å². The minimum atomic E-state index is -0.270. The number of carbonyl (C=O) groups is 2. The zero-order valence-corrected chi connectivity index (χ0v) is 15.0. The number of nitrogens with one attached hydrogen (secondary N) is 1. The topological polar surface area (TPSA) is 72.0 Å². The SMILES string of the molecule is Cc1ccccc1C1CC(=O)c2cnc(NC(=O)c3ccccc3)nc2C1. The number of amides is 1. The lowest BCUT2D eigenvalue weighted by atomic mass is 9.81. The minimum absolute atomic E-state index is 0.0467. The van der Waals surface area contributed by atoms with Crippen LogP contribution in [0.15, 0.2) is 60.8 Å². The maximum absolute atomic E-state index is 12.6. The molecule has 27 heavy (non-hydrogen) atoms. The molecular weight excluding hydrogens is 338 g/mol. The van der Waals surface area contributed by atoms with Crippen molar-refractivity contribution in [2.24, 2.45) is 0 Å². The molecule has 1 aliphatic carbocycles. The van der Waals surface area contributed by atoms with Crippen LogP contribution in [0.4, 0.5) is 5.95 Å². The number of fused-ring (bicyclic) bond motifs is 1. The number of aryl methyl sites for hydroxylation is 1. The lowest BCUT2D eigenvalue weighted by Crippen LogP contribution is -2.23. The van der Waals surface area contributed by atoms with E-state index in [1.165, 1.54) is 17.3 Å². The molecule has 3 aromatic rings. The predicted molar refractivity (Wildman–Crippen MR) is 103 cm³/mol. The van der Waals surface area contributed by atoms with Crippen LogP contribution in [-0.2, 0) is 6.42 Å². The third-order valence-corrected chi connectivity index (χ3v) is 4.93. The summed E-state index contributed by atoms with van der Waals surface area (Å²) in [5.74, 6) is 0.0955. The van der Waals surface area contributed by atoms with Gasteiger partial charge in [-0.25, -0.2) is 9.97 Å². The Balaban J connectivity index is 1.60. The predicted octanol–water partition coefficient (Wildman–Crippen LogP) is 3.95. The Labute approximate surface area is 157 Å². The van der Waals surface area contributed by atoms with Crippen molar-refractivity contribution < 1.29 is 9.59 Å². The van der Waals surface area contributed by atoms with Crippen LogP contribution in [0.5, 0.6) is 0 Å². The molecule has 1 heterocycles. The summed E-state index contributed by atoms with van der Waals surface area (Å²) in [5.41, 5.74) is 4.12. The molecule has 1 unspecified atom stereocenters. The van der Waals surface area contributed by atoms with Gasteiger partial charge in [0.25, 0.3) is 5.91 Å². The molecule has 0 spiro atoms. The van der Waals surface area contributed by atoms with Gasteiger partial charge in [0.05, 0.1) is 11.3 Å². The van der Waals surface area contributed by atoms with Crippen LogP contribution in [0.25, 0.3) is 0 Å². The third-order valence-electron chi connectivity index (χ3n) is 4.93. The van der Waals surface area contributed by atoms with E-state index in [0.29, 0.717) is 29.7 Å².